The molecule has 0 amide bonds. The Morgan fingerprint density at radius 1 is 1.24 bits per heavy atom. The summed E-state index contributed by atoms with van der Waals surface area (Å²) in [5, 5.41) is 0.475. The van der Waals surface area contributed by atoms with E-state index in [0.29, 0.717) is 17.4 Å². The number of nitrogens with zero attached hydrogens (tertiary/aromatic N) is 2. The van der Waals surface area contributed by atoms with Crippen molar-refractivity contribution < 1.29 is 19.1 Å². The van der Waals surface area contributed by atoms with Gasteiger partial charge in [0.25, 0.3) is 5.56 Å². The van der Waals surface area contributed by atoms with E-state index in [-0.39, 0.29) is 11.1 Å². The first-order valence-electron chi connectivity index (χ1n) is 8.33. The van der Waals surface area contributed by atoms with E-state index in [1.807, 2.05) is 0 Å². The van der Waals surface area contributed by atoms with Crippen molar-refractivity contribution in [1.29, 1.82) is 0 Å². The molecule has 7 heteroatoms. The molecular formula is C18H20N2O5. The van der Waals surface area contributed by atoms with Gasteiger partial charge in [0.2, 0.25) is 0 Å². The van der Waals surface area contributed by atoms with Gasteiger partial charge in [0.1, 0.15) is 5.82 Å². The van der Waals surface area contributed by atoms with Crippen molar-refractivity contribution in [2.45, 2.75) is 45.3 Å². The molecule has 0 radical (unpaired) electrons. The number of rotatable bonds is 3. The minimum Gasteiger partial charge on any atom is -0.466 e. The molecule has 0 aliphatic carbocycles. The number of aryl methyl sites for hydroxylation is 1. The third kappa shape index (κ3) is 3.40. The molecule has 1 aliphatic rings. The van der Waals surface area contributed by atoms with E-state index in [9.17, 15) is 14.4 Å². The first-order chi connectivity index (χ1) is 12.0. The molecule has 25 heavy (non-hydrogen) atoms. The average molecular weight is 344 g/mol. The molecule has 0 bridgehead atoms. The molecule has 1 unspecified atom stereocenters. The normalized spacial score (nSPS) is 15.1. The van der Waals surface area contributed by atoms with Gasteiger partial charge in [0, 0.05) is 13.0 Å². The van der Waals surface area contributed by atoms with Crippen LogP contribution in [0.15, 0.2) is 23.0 Å². The number of hydrogen-bond acceptors (Lipinski definition) is 6. The average Bonchev–Trinajstić information content (AvgIpc) is 2.86. The predicted molar refractivity (Wildman–Crippen MR) is 90.5 cm³/mol. The molecule has 0 saturated heterocycles. The number of aromatic nitrogens is 2. The Kier molecular flexibility index (Phi) is 4.83. The number of carbonyl (C=O) groups is 2. The van der Waals surface area contributed by atoms with Crippen LogP contribution in [-0.2, 0) is 27.2 Å². The highest BCUT2D eigenvalue weighted by molar-refractivity contribution is 5.95. The minimum absolute atomic E-state index is 0.0789. The number of benzene rings is 1. The van der Waals surface area contributed by atoms with Gasteiger partial charge in [0.15, 0.2) is 6.10 Å². The van der Waals surface area contributed by atoms with Crippen molar-refractivity contribution in [2.75, 3.05) is 7.11 Å². The summed E-state index contributed by atoms with van der Waals surface area (Å²) in [6.45, 7) is 2.12. The fourth-order valence-corrected chi connectivity index (χ4v) is 2.99. The Hall–Kier alpha value is -2.70. The molecule has 1 aromatic carbocycles. The molecule has 132 valence electrons. The summed E-state index contributed by atoms with van der Waals surface area (Å²) in [5.74, 6) is -0.532. The fraction of sp³-hybridized carbons (Fsp3) is 0.444. The number of ether oxygens (including phenoxy) is 2. The van der Waals surface area contributed by atoms with E-state index in [4.69, 9.17) is 4.74 Å². The van der Waals surface area contributed by atoms with Gasteiger partial charge >= 0.3 is 11.9 Å². The quantitative estimate of drug-likeness (QED) is 0.790. The highest BCUT2D eigenvalue weighted by atomic mass is 16.6. The SMILES string of the molecule is COC(=O)C(C)OC(=O)c1ccc2c(=O)n3c(nc2c1)CCCCC3. The maximum atomic E-state index is 12.7. The molecule has 7 nitrogen and oxygen atoms in total. The van der Waals surface area contributed by atoms with Gasteiger partial charge in [-0.05, 0) is 38.0 Å². The van der Waals surface area contributed by atoms with Crippen molar-refractivity contribution in [3.8, 4) is 0 Å². The van der Waals surface area contributed by atoms with Crippen LogP contribution in [0.2, 0.25) is 0 Å². The second-order valence-corrected chi connectivity index (χ2v) is 6.10. The van der Waals surface area contributed by atoms with E-state index in [1.165, 1.54) is 26.2 Å². The first kappa shape index (κ1) is 17.1. The molecule has 1 aromatic heterocycles. The maximum Gasteiger partial charge on any atom is 0.346 e. The number of hydrogen-bond donors (Lipinski definition) is 0. The summed E-state index contributed by atoms with van der Waals surface area (Å²) in [7, 11) is 1.23. The van der Waals surface area contributed by atoms with Crippen molar-refractivity contribution in [3.63, 3.8) is 0 Å². The highest BCUT2D eigenvalue weighted by Crippen LogP contribution is 2.17. The summed E-state index contributed by atoms with van der Waals surface area (Å²) in [6.07, 6.45) is 2.78. The summed E-state index contributed by atoms with van der Waals surface area (Å²) in [5.41, 5.74) is 0.636. The molecule has 0 saturated carbocycles. The van der Waals surface area contributed by atoms with E-state index < -0.39 is 18.0 Å². The number of methoxy groups -OCH3 is 1. The van der Waals surface area contributed by atoms with Gasteiger partial charge in [-0.1, -0.05) is 6.42 Å². The largest absolute Gasteiger partial charge is 0.466 e. The van der Waals surface area contributed by atoms with Crippen LogP contribution in [0.3, 0.4) is 0 Å². The lowest BCUT2D eigenvalue weighted by Gasteiger charge is -2.12. The van der Waals surface area contributed by atoms with E-state index in [1.54, 1.807) is 10.6 Å². The van der Waals surface area contributed by atoms with Crippen LogP contribution in [0.1, 0.15) is 42.4 Å². The van der Waals surface area contributed by atoms with Gasteiger partial charge in [-0.3, -0.25) is 9.36 Å². The summed E-state index contributed by atoms with van der Waals surface area (Å²) < 4.78 is 11.3. The number of carbonyl (C=O) groups excluding carboxylic acids is 2. The maximum absolute atomic E-state index is 12.7. The zero-order valence-corrected chi connectivity index (χ0v) is 14.3. The zero-order valence-electron chi connectivity index (χ0n) is 14.3. The Balaban J connectivity index is 1.96. The third-order valence-corrected chi connectivity index (χ3v) is 4.37. The summed E-state index contributed by atoms with van der Waals surface area (Å²) >= 11 is 0. The Morgan fingerprint density at radius 3 is 2.80 bits per heavy atom. The van der Waals surface area contributed by atoms with Crippen LogP contribution in [0.4, 0.5) is 0 Å². The van der Waals surface area contributed by atoms with Gasteiger partial charge in [-0.25, -0.2) is 14.6 Å². The second kappa shape index (κ2) is 7.04. The molecule has 2 heterocycles. The second-order valence-electron chi connectivity index (χ2n) is 6.10. The first-order valence-corrected chi connectivity index (χ1v) is 8.33. The van der Waals surface area contributed by atoms with E-state index >= 15 is 0 Å². The van der Waals surface area contributed by atoms with Crippen molar-refractivity contribution in [3.05, 3.63) is 39.9 Å². The van der Waals surface area contributed by atoms with Crippen molar-refractivity contribution in [2.24, 2.45) is 0 Å². The highest BCUT2D eigenvalue weighted by Gasteiger charge is 2.20. The van der Waals surface area contributed by atoms with Gasteiger partial charge < -0.3 is 9.47 Å². The molecule has 1 aliphatic heterocycles. The topological polar surface area (TPSA) is 87.5 Å². The van der Waals surface area contributed by atoms with Crippen LogP contribution in [0, 0.1) is 0 Å². The zero-order chi connectivity index (χ0) is 18.0. The van der Waals surface area contributed by atoms with Crippen LogP contribution in [0.25, 0.3) is 10.9 Å². The van der Waals surface area contributed by atoms with E-state index in [2.05, 4.69) is 9.72 Å². The minimum atomic E-state index is -1.00. The Bertz CT molecular complexity index is 887. The molecule has 0 spiro atoms. The van der Waals surface area contributed by atoms with Crippen LogP contribution in [-0.4, -0.2) is 34.7 Å². The molecule has 0 fully saturated rings. The van der Waals surface area contributed by atoms with Crippen LogP contribution in [0.5, 0.6) is 0 Å². The third-order valence-electron chi connectivity index (χ3n) is 4.37. The monoisotopic (exact) mass is 344 g/mol. The van der Waals surface area contributed by atoms with Crippen molar-refractivity contribution >= 4 is 22.8 Å². The standard InChI is InChI=1S/C18H20N2O5/c1-11(17(22)24-2)25-18(23)12-7-8-13-14(10-12)19-15-6-4-3-5-9-20(15)16(13)21/h7-8,10-11H,3-6,9H2,1-2H3. The summed E-state index contributed by atoms with van der Waals surface area (Å²) in [6, 6.07) is 4.64. The number of fused-ring (bicyclic) bond motifs is 2. The smallest absolute Gasteiger partial charge is 0.346 e. The molecule has 0 N–H and O–H groups in total. The van der Waals surface area contributed by atoms with Crippen LogP contribution >= 0.6 is 0 Å². The van der Waals surface area contributed by atoms with Gasteiger partial charge in [-0.2, -0.15) is 0 Å². The molecular weight excluding hydrogens is 324 g/mol. The van der Waals surface area contributed by atoms with Crippen molar-refractivity contribution in [1.82, 2.24) is 9.55 Å². The Labute approximate surface area is 144 Å². The van der Waals surface area contributed by atoms with E-state index in [0.717, 1.165) is 31.5 Å². The number of esters is 2. The molecule has 2 aromatic rings. The van der Waals surface area contributed by atoms with Crippen LogP contribution < -0.4 is 5.56 Å². The predicted octanol–water partition coefficient (Wildman–Crippen LogP) is 1.84. The molecule has 1 atom stereocenters. The lowest BCUT2D eigenvalue weighted by atomic mass is 10.1. The van der Waals surface area contributed by atoms with Gasteiger partial charge in [0.05, 0.1) is 23.6 Å². The molecule has 3 rings (SSSR count). The lowest BCUT2D eigenvalue weighted by Crippen LogP contribution is -2.26. The lowest BCUT2D eigenvalue weighted by molar-refractivity contribution is -0.149. The Morgan fingerprint density at radius 2 is 2.04 bits per heavy atom. The van der Waals surface area contributed by atoms with Gasteiger partial charge in [-0.15, -0.1) is 0 Å². The fourth-order valence-electron chi connectivity index (χ4n) is 2.99. The summed E-state index contributed by atoms with van der Waals surface area (Å²) in [4.78, 5) is 40.8.